The maximum atomic E-state index is 12.3. The highest BCUT2D eigenvalue weighted by molar-refractivity contribution is 14.1. The molecule has 6 nitrogen and oxygen atoms in total. The van der Waals surface area contributed by atoms with E-state index in [4.69, 9.17) is 10.3 Å². The van der Waals surface area contributed by atoms with E-state index < -0.39 is 6.09 Å². The van der Waals surface area contributed by atoms with E-state index >= 15 is 0 Å². The summed E-state index contributed by atoms with van der Waals surface area (Å²) in [6.07, 6.45) is -0.476. The number of fused-ring (bicyclic) bond motifs is 3. The van der Waals surface area contributed by atoms with Gasteiger partial charge in [-0.15, -0.1) is 0 Å². The normalized spacial score (nSPS) is 11.9. The Balaban J connectivity index is 1.41. The Bertz CT molecular complexity index is 1080. The zero-order valence-corrected chi connectivity index (χ0v) is 17.5. The van der Waals surface area contributed by atoms with Crippen molar-refractivity contribution in [3.05, 3.63) is 97.4 Å². The minimum atomic E-state index is -0.476. The molecule has 0 heterocycles. The molecule has 3 aromatic rings. The van der Waals surface area contributed by atoms with E-state index in [1.165, 1.54) is 22.3 Å². The summed E-state index contributed by atoms with van der Waals surface area (Å²) >= 11 is 2.14. The van der Waals surface area contributed by atoms with Crippen LogP contribution in [0.4, 0.5) is 10.5 Å². The number of carbonyl (C=O) groups is 1. The van der Waals surface area contributed by atoms with Crippen LogP contribution in [0.3, 0.4) is 0 Å². The van der Waals surface area contributed by atoms with Gasteiger partial charge in [0.05, 0.1) is 0 Å². The van der Waals surface area contributed by atoms with Crippen molar-refractivity contribution in [3.8, 4) is 11.1 Å². The van der Waals surface area contributed by atoms with Crippen LogP contribution < -0.4 is 5.32 Å². The second-order valence-corrected chi connectivity index (χ2v) is 7.93. The lowest BCUT2D eigenvalue weighted by atomic mass is 9.98. The third kappa shape index (κ3) is 4.21. The lowest BCUT2D eigenvalue weighted by molar-refractivity contribution is 0.142. The predicted molar refractivity (Wildman–Crippen MR) is 120 cm³/mol. The summed E-state index contributed by atoms with van der Waals surface area (Å²) in [6.45, 7) is 0.567. The van der Waals surface area contributed by atoms with Gasteiger partial charge in [-0.2, -0.15) is 0 Å². The maximum absolute atomic E-state index is 12.3. The van der Waals surface area contributed by atoms with Gasteiger partial charge in [0.15, 0.2) is 0 Å². The number of halogens is 1. The molecule has 4 rings (SSSR count). The monoisotopic (exact) mass is 496 g/mol. The van der Waals surface area contributed by atoms with Crippen LogP contribution >= 0.6 is 22.6 Å². The molecule has 0 radical (unpaired) electrons. The Hall–Kier alpha value is -3.03. The lowest BCUT2D eigenvalue weighted by Crippen LogP contribution is -2.25. The summed E-state index contributed by atoms with van der Waals surface area (Å²) in [4.78, 5) is 15.1. The summed E-state index contributed by atoms with van der Waals surface area (Å²) < 4.78 is 6.46. The summed E-state index contributed by atoms with van der Waals surface area (Å²) in [7, 11) is 0. The second-order valence-electron chi connectivity index (χ2n) is 6.69. The molecule has 3 aromatic carbocycles. The summed E-state index contributed by atoms with van der Waals surface area (Å²) in [5.41, 5.74) is 14.7. The average Bonchev–Trinajstić information content (AvgIpc) is 3.04. The van der Waals surface area contributed by atoms with E-state index in [0.717, 1.165) is 9.13 Å². The van der Waals surface area contributed by atoms with Crippen LogP contribution in [0.5, 0.6) is 0 Å². The predicted octanol–water partition coefficient (Wildman–Crippen LogP) is 6.27. The van der Waals surface area contributed by atoms with Crippen LogP contribution in [0, 0.1) is 3.57 Å². The first-order valence-electron chi connectivity index (χ1n) is 9.09. The van der Waals surface area contributed by atoms with Crippen LogP contribution in [0.25, 0.3) is 21.6 Å². The van der Waals surface area contributed by atoms with E-state index in [9.17, 15) is 4.79 Å². The third-order valence-electron chi connectivity index (χ3n) is 4.88. The molecule has 0 bridgehead atoms. The van der Waals surface area contributed by atoms with Gasteiger partial charge < -0.3 is 10.1 Å². The SMILES string of the molecule is [N-]=[N+]=Nc1cc(I)cc(CNC(=O)OCC2c3ccccc3-c3ccccc32)c1. The fraction of sp³-hybridized carbons (Fsp3) is 0.136. The number of alkyl carbamates (subject to hydrolysis) is 1. The molecular formula is C22H17IN4O2. The van der Waals surface area contributed by atoms with E-state index in [2.05, 4.69) is 62.2 Å². The minimum Gasteiger partial charge on any atom is -0.449 e. The van der Waals surface area contributed by atoms with Gasteiger partial charge in [0.1, 0.15) is 6.61 Å². The standard InChI is InChI=1S/C22H17IN4O2/c23-15-9-14(10-16(11-15)26-27-24)12-25-22(28)29-13-21-19-7-3-1-5-17(19)18-6-2-4-8-20(18)21/h1-11,21H,12-13H2,(H,25,28). The van der Waals surface area contributed by atoms with E-state index in [1.54, 1.807) is 12.1 Å². The molecule has 0 saturated carbocycles. The quantitative estimate of drug-likeness (QED) is 0.195. The number of ether oxygens (including phenoxy) is 1. The smallest absolute Gasteiger partial charge is 0.407 e. The zero-order chi connectivity index (χ0) is 20.2. The van der Waals surface area contributed by atoms with Crippen LogP contribution in [0.15, 0.2) is 71.8 Å². The number of rotatable bonds is 5. The van der Waals surface area contributed by atoms with Crippen molar-refractivity contribution in [3.63, 3.8) is 0 Å². The molecule has 7 heteroatoms. The molecule has 144 valence electrons. The summed E-state index contributed by atoms with van der Waals surface area (Å²) in [5.74, 6) is 0.0300. The van der Waals surface area contributed by atoms with Crippen molar-refractivity contribution >= 4 is 34.4 Å². The molecule has 0 aromatic heterocycles. The van der Waals surface area contributed by atoms with Crippen molar-refractivity contribution in [1.82, 2.24) is 5.32 Å². The number of hydrogen-bond acceptors (Lipinski definition) is 3. The molecular weight excluding hydrogens is 479 g/mol. The highest BCUT2D eigenvalue weighted by Gasteiger charge is 2.28. The summed E-state index contributed by atoms with van der Waals surface area (Å²) in [6, 6.07) is 21.9. The van der Waals surface area contributed by atoms with Gasteiger partial charge in [0.2, 0.25) is 0 Å². The lowest BCUT2D eigenvalue weighted by Gasteiger charge is -2.14. The topological polar surface area (TPSA) is 87.1 Å². The Labute approximate surface area is 181 Å². The van der Waals surface area contributed by atoms with Crippen molar-refractivity contribution < 1.29 is 9.53 Å². The van der Waals surface area contributed by atoms with Crippen molar-refractivity contribution in [2.24, 2.45) is 5.11 Å². The number of carbonyl (C=O) groups excluding carboxylic acids is 1. The molecule has 0 spiro atoms. The fourth-order valence-electron chi connectivity index (χ4n) is 3.67. The third-order valence-corrected chi connectivity index (χ3v) is 5.51. The van der Waals surface area contributed by atoms with Gasteiger partial charge in [-0.3, -0.25) is 0 Å². The van der Waals surface area contributed by atoms with Crippen molar-refractivity contribution in [2.75, 3.05) is 6.61 Å². The molecule has 0 saturated heterocycles. The molecule has 1 aliphatic carbocycles. The van der Waals surface area contributed by atoms with Crippen LogP contribution in [-0.4, -0.2) is 12.7 Å². The number of hydrogen-bond donors (Lipinski definition) is 1. The zero-order valence-electron chi connectivity index (χ0n) is 15.4. The molecule has 0 atom stereocenters. The number of nitrogens with zero attached hydrogens (tertiary/aromatic N) is 3. The van der Waals surface area contributed by atoms with Gasteiger partial charge in [-0.05, 0) is 74.1 Å². The Morgan fingerprint density at radius 3 is 2.38 bits per heavy atom. The van der Waals surface area contributed by atoms with Crippen LogP contribution in [0.2, 0.25) is 0 Å². The molecule has 29 heavy (non-hydrogen) atoms. The van der Waals surface area contributed by atoms with Gasteiger partial charge in [0.25, 0.3) is 0 Å². The van der Waals surface area contributed by atoms with Crippen LogP contribution in [-0.2, 0) is 11.3 Å². The molecule has 0 aliphatic heterocycles. The Morgan fingerprint density at radius 2 is 1.72 bits per heavy atom. The number of amides is 1. The van der Waals surface area contributed by atoms with Crippen molar-refractivity contribution in [1.29, 1.82) is 0 Å². The van der Waals surface area contributed by atoms with Gasteiger partial charge in [-0.25, -0.2) is 4.79 Å². The average molecular weight is 496 g/mol. The Morgan fingerprint density at radius 1 is 1.07 bits per heavy atom. The number of nitrogens with one attached hydrogen (secondary N) is 1. The maximum Gasteiger partial charge on any atom is 0.407 e. The molecule has 1 amide bonds. The highest BCUT2D eigenvalue weighted by Crippen LogP contribution is 2.44. The first-order valence-corrected chi connectivity index (χ1v) is 10.2. The van der Waals surface area contributed by atoms with Crippen LogP contribution in [0.1, 0.15) is 22.6 Å². The highest BCUT2D eigenvalue weighted by atomic mass is 127. The van der Waals surface area contributed by atoms with E-state index in [0.29, 0.717) is 12.2 Å². The first-order chi connectivity index (χ1) is 14.2. The van der Waals surface area contributed by atoms with Gasteiger partial charge in [0, 0.05) is 26.6 Å². The summed E-state index contributed by atoms with van der Waals surface area (Å²) in [5, 5.41) is 6.39. The second kappa shape index (κ2) is 8.55. The molecule has 0 fully saturated rings. The molecule has 0 unspecified atom stereocenters. The first kappa shape index (κ1) is 19.3. The minimum absolute atomic E-state index is 0.0300. The number of azide groups is 1. The Kier molecular flexibility index (Phi) is 5.69. The van der Waals surface area contributed by atoms with E-state index in [-0.39, 0.29) is 12.5 Å². The molecule has 1 aliphatic rings. The van der Waals surface area contributed by atoms with Gasteiger partial charge >= 0.3 is 6.09 Å². The largest absolute Gasteiger partial charge is 0.449 e. The van der Waals surface area contributed by atoms with Crippen molar-refractivity contribution in [2.45, 2.75) is 12.5 Å². The van der Waals surface area contributed by atoms with E-state index in [1.807, 2.05) is 30.3 Å². The fourth-order valence-corrected chi connectivity index (χ4v) is 4.39. The molecule has 1 N–H and O–H groups in total. The number of benzene rings is 3. The van der Waals surface area contributed by atoms with Gasteiger partial charge in [-0.1, -0.05) is 53.6 Å².